The molecule has 116 valence electrons. The van der Waals surface area contributed by atoms with Crippen molar-refractivity contribution in [1.29, 1.82) is 5.26 Å². The molecule has 3 aliphatic rings. The monoisotopic (exact) mass is 293 g/mol. The van der Waals surface area contributed by atoms with Crippen LogP contribution in [0, 0.1) is 17.2 Å². The van der Waals surface area contributed by atoms with Crippen LogP contribution in [0.15, 0.2) is 0 Å². The highest BCUT2D eigenvalue weighted by atomic mass is 16.7. The van der Waals surface area contributed by atoms with Gasteiger partial charge < -0.3 is 14.8 Å². The summed E-state index contributed by atoms with van der Waals surface area (Å²) in [7, 11) is 0. The average Bonchev–Trinajstić information content (AvgIpc) is 3.24. The molecule has 6 heteroatoms. The Labute approximate surface area is 125 Å². The Morgan fingerprint density at radius 2 is 2.00 bits per heavy atom. The molecule has 1 aliphatic carbocycles. The zero-order valence-electron chi connectivity index (χ0n) is 12.6. The Morgan fingerprint density at radius 3 is 2.52 bits per heavy atom. The smallest absolute Gasteiger partial charge is 0.235 e. The van der Waals surface area contributed by atoms with E-state index in [0.717, 1.165) is 38.8 Å². The molecule has 1 amide bonds. The number of rotatable bonds is 4. The summed E-state index contributed by atoms with van der Waals surface area (Å²) in [5.41, 5.74) is -0.703. The van der Waals surface area contributed by atoms with E-state index in [-0.39, 0.29) is 5.91 Å². The van der Waals surface area contributed by atoms with E-state index in [1.807, 2.05) is 6.92 Å². The van der Waals surface area contributed by atoms with Crippen LogP contribution < -0.4 is 5.32 Å². The largest absolute Gasteiger partial charge is 0.347 e. The third-order valence-electron chi connectivity index (χ3n) is 4.82. The highest BCUT2D eigenvalue weighted by molar-refractivity contribution is 5.79. The highest BCUT2D eigenvalue weighted by Gasteiger charge is 2.44. The average molecular weight is 293 g/mol. The first-order valence-corrected chi connectivity index (χ1v) is 7.78. The Kier molecular flexibility index (Phi) is 3.91. The lowest BCUT2D eigenvalue weighted by molar-refractivity contribution is -0.185. The second-order valence-corrected chi connectivity index (χ2v) is 6.52. The van der Waals surface area contributed by atoms with Crippen LogP contribution in [0.4, 0.5) is 0 Å². The molecule has 1 atom stereocenters. The molecule has 0 radical (unpaired) electrons. The molecule has 21 heavy (non-hydrogen) atoms. The zero-order valence-corrected chi connectivity index (χ0v) is 12.6. The maximum absolute atomic E-state index is 12.2. The number of likely N-dealkylation sites (tertiary alicyclic amines) is 1. The van der Waals surface area contributed by atoms with Gasteiger partial charge in [-0.3, -0.25) is 9.69 Å². The molecular formula is C15H23N3O3. The quantitative estimate of drug-likeness (QED) is 0.823. The minimum Gasteiger partial charge on any atom is -0.347 e. The van der Waals surface area contributed by atoms with Crippen LogP contribution in [0.3, 0.4) is 0 Å². The fraction of sp³-hybridized carbons (Fsp3) is 0.867. The molecule has 3 rings (SSSR count). The van der Waals surface area contributed by atoms with Crippen molar-refractivity contribution in [2.24, 2.45) is 5.92 Å². The molecule has 0 aromatic rings. The Morgan fingerprint density at radius 1 is 1.38 bits per heavy atom. The molecule has 1 saturated carbocycles. The summed E-state index contributed by atoms with van der Waals surface area (Å²) >= 11 is 0. The molecule has 2 saturated heterocycles. The van der Waals surface area contributed by atoms with Gasteiger partial charge in [-0.2, -0.15) is 5.26 Å². The van der Waals surface area contributed by atoms with Crippen molar-refractivity contribution in [2.45, 2.75) is 43.9 Å². The number of ether oxygens (including phenoxy) is 2. The topological polar surface area (TPSA) is 74.6 Å². The van der Waals surface area contributed by atoms with Gasteiger partial charge in [-0.25, -0.2) is 0 Å². The van der Waals surface area contributed by atoms with E-state index in [4.69, 9.17) is 9.47 Å². The molecule has 0 bridgehead atoms. The SMILES string of the molecule is C[C@](C#N)(NC(=O)CN1CCC2(CC1)OCCO2)C1CC1. The lowest BCUT2D eigenvalue weighted by Gasteiger charge is -2.37. The van der Waals surface area contributed by atoms with Crippen LogP contribution in [0.2, 0.25) is 0 Å². The van der Waals surface area contributed by atoms with Gasteiger partial charge in [-0.15, -0.1) is 0 Å². The van der Waals surface area contributed by atoms with E-state index in [9.17, 15) is 10.1 Å². The number of carbonyl (C=O) groups is 1. The van der Waals surface area contributed by atoms with Gasteiger partial charge in [-0.05, 0) is 25.7 Å². The van der Waals surface area contributed by atoms with Crippen LogP contribution in [0.25, 0.3) is 0 Å². The molecule has 0 aromatic heterocycles. The van der Waals surface area contributed by atoms with Gasteiger partial charge in [0.25, 0.3) is 0 Å². The van der Waals surface area contributed by atoms with Gasteiger partial charge in [0.15, 0.2) is 5.79 Å². The predicted octanol–water partition coefficient (Wildman–Crippen LogP) is 0.634. The summed E-state index contributed by atoms with van der Waals surface area (Å²) in [5, 5.41) is 12.2. The van der Waals surface area contributed by atoms with E-state index < -0.39 is 11.3 Å². The molecule has 0 aromatic carbocycles. The molecule has 2 aliphatic heterocycles. The normalized spacial score (nSPS) is 28.0. The third kappa shape index (κ3) is 3.20. The van der Waals surface area contributed by atoms with Crippen molar-refractivity contribution in [3.05, 3.63) is 0 Å². The van der Waals surface area contributed by atoms with Crippen LogP contribution in [0.5, 0.6) is 0 Å². The first-order chi connectivity index (χ1) is 10.1. The summed E-state index contributed by atoms with van der Waals surface area (Å²) in [5.74, 6) is -0.145. The number of nitrogens with one attached hydrogen (secondary N) is 1. The highest BCUT2D eigenvalue weighted by Crippen LogP contribution is 2.39. The lowest BCUT2D eigenvalue weighted by atomic mass is 9.98. The fourth-order valence-corrected chi connectivity index (χ4v) is 3.25. The minimum atomic E-state index is -0.703. The molecule has 1 N–H and O–H groups in total. The van der Waals surface area contributed by atoms with Crippen LogP contribution in [0.1, 0.15) is 32.6 Å². The second-order valence-electron chi connectivity index (χ2n) is 6.52. The number of carbonyl (C=O) groups excluding carboxylic acids is 1. The molecule has 1 spiro atoms. The Hall–Kier alpha value is -1.16. The van der Waals surface area contributed by atoms with Gasteiger partial charge >= 0.3 is 0 Å². The second kappa shape index (κ2) is 5.56. The molecule has 0 unspecified atom stereocenters. The van der Waals surface area contributed by atoms with Crippen molar-refractivity contribution in [2.75, 3.05) is 32.8 Å². The predicted molar refractivity (Wildman–Crippen MR) is 75.2 cm³/mol. The maximum atomic E-state index is 12.2. The third-order valence-corrected chi connectivity index (χ3v) is 4.82. The Bertz CT molecular complexity index is 442. The number of nitrogens with zero attached hydrogens (tertiary/aromatic N) is 2. The van der Waals surface area contributed by atoms with Crippen LogP contribution >= 0.6 is 0 Å². The van der Waals surface area contributed by atoms with Crippen LogP contribution in [-0.2, 0) is 14.3 Å². The summed E-state index contributed by atoms with van der Waals surface area (Å²) < 4.78 is 11.4. The molecule has 2 heterocycles. The van der Waals surface area contributed by atoms with Gasteiger partial charge in [0.2, 0.25) is 5.91 Å². The van der Waals surface area contributed by atoms with Gasteiger partial charge in [0, 0.05) is 25.9 Å². The molecular weight excluding hydrogens is 270 g/mol. The van der Waals surface area contributed by atoms with Gasteiger partial charge in [0.1, 0.15) is 5.54 Å². The van der Waals surface area contributed by atoms with Crippen molar-refractivity contribution in [1.82, 2.24) is 10.2 Å². The van der Waals surface area contributed by atoms with Crippen molar-refractivity contribution in [3.63, 3.8) is 0 Å². The number of hydrogen-bond acceptors (Lipinski definition) is 5. The van der Waals surface area contributed by atoms with E-state index >= 15 is 0 Å². The first-order valence-electron chi connectivity index (χ1n) is 7.78. The fourth-order valence-electron chi connectivity index (χ4n) is 3.25. The van der Waals surface area contributed by atoms with E-state index in [1.54, 1.807) is 0 Å². The number of hydrogen-bond donors (Lipinski definition) is 1. The summed E-state index contributed by atoms with van der Waals surface area (Å²) in [6.07, 6.45) is 3.67. The molecule has 3 fully saturated rings. The standard InChI is InChI=1S/C15H23N3O3/c1-14(11-16,12-2-3-12)17-13(19)10-18-6-4-15(5-7-18)20-8-9-21-15/h12H,2-10H2,1H3,(H,17,19)/t14-/m1/s1. The number of amides is 1. The Balaban J connectivity index is 1.47. The van der Waals surface area contributed by atoms with Gasteiger partial charge in [-0.1, -0.05) is 0 Å². The summed E-state index contributed by atoms with van der Waals surface area (Å²) in [6, 6.07) is 2.26. The lowest BCUT2D eigenvalue weighted by Crippen LogP contribution is -2.52. The summed E-state index contributed by atoms with van der Waals surface area (Å²) in [4.78, 5) is 14.3. The van der Waals surface area contributed by atoms with Crippen molar-refractivity contribution >= 4 is 5.91 Å². The summed E-state index contributed by atoms with van der Waals surface area (Å²) in [6.45, 7) is 5.10. The maximum Gasteiger partial charge on any atom is 0.235 e. The van der Waals surface area contributed by atoms with E-state index in [2.05, 4.69) is 16.3 Å². The van der Waals surface area contributed by atoms with E-state index in [1.165, 1.54) is 0 Å². The van der Waals surface area contributed by atoms with Crippen molar-refractivity contribution in [3.8, 4) is 6.07 Å². The van der Waals surface area contributed by atoms with Crippen LogP contribution in [-0.4, -0.2) is 55.0 Å². The molecule has 6 nitrogen and oxygen atoms in total. The first kappa shape index (κ1) is 14.8. The number of nitriles is 1. The van der Waals surface area contributed by atoms with E-state index in [0.29, 0.717) is 25.7 Å². The minimum absolute atomic E-state index is 0.0600. The zero-order chi connectivity index (χ0) is 14.9. The van der Waals surface area contributed by atoms with Crippen molar-refractivity contribution < 1.29 is 14.3 Å². The number of piperidine rings is 1. The van der Waals surface area contributed by atoms with Gasteiger partial charge in [0.05, 0.1) is 25.8 Å².